The molecule has 1 aliphatic heterocycles. The summed E-state index contributed by atoms with van der Waals surface area (Å²) in [6.45, 7) is 3.58. The third-order valence-electron chi connectivity index (χ3n) is 5.26. The number of carbonyl (C=O) groups is 2. The van der Waals surface area contributed by atoms with E-state index in [1.807, 2.05) is 37.3 Å². The van der Waals surface area contributed by atoms with Gasteiger partial charge < -0.3 is 15.9 Å². The maximum absolute atomic E-state index is 12.5. The van der Waals surface area contributed by atoms with Crippen molar-refractivity contribution in [2.75, 3.05) is 6.54 Å². The van der Waals surface area contributed by atoms with Gasteiger partial charge in [-0.05, 0) is 50.8 Å². The molecule has 3 rings (SSSR count). The van der Waals surface area contributed by atoms with E-state index in [1.54, 1.807) is 12.1 Å². The minimum atomic E-state index is -3.76. The van der Waals surface area contributed by atoms with E-state index in [9.17, 15) is 23.1 Å². The highest BCUT2D eigenvalue weighted by molar-refractivity contribution is 7.89. The Kier molecular flexibility index (Phi) is 7.94. The number of rotatable bonds is 6. The minimum Gasteiger partial charge on any atom is -0.480 e. The molecule has 1 saturated heterocycles. The van der Waals surface area contributed by atoms with Crippen molar-refractivity contribution >= 4 is 22.0 Å². The molecule has 0 saturated carbocycles. The van der Waals surface area contributed by atoms with Crippen LogP contribution in [0.15, 0.2) is 59.5 Å². The lowest BCUT2D eigenvalue weighted by Crippen LogP contribution is -2.50. The van der Waals surface area contributed by atoms with Gasteiger partial charge in [-0.2, -0.15) is 4.31 Å². The monoisotopic (exact) mass is 448 g/mol. The molecule has 0 aliphatic carbocycles. The molecule has 2 aromatic rings. The first kappa shape index (κ1) is 24.5. The second kappa shape index (κ2) is 10.0. The zero-order valence-corrected chi connectivity index (χ0v) is 18.4. The number of sulfonamides is 1. The van der Waals surface area contributed by atoms with E-state index in [1.165, 1.54) is 19.1 Å². The fourth-order valence-electron chi connectivity index (χ4n) is 3.33. The van der Waals surface area contributed by atoms with Gasteiger partial charge in [-0.25, -0.2) is 8.42 Å². The Hall–Kier alpha value is -2.75. The number of nitrogens with zero attached hydrogens (tertiary/aromatic N) is 1. The molecule has 0 aromatic heterocycles. The zero-order valence-electron chi connectivity index (χ0n) is 17.6. The van der Waals surface area contributed by atoms with Gasteiger partial charge in [0.15, 0.2) is 0 Å². The van der Waals surface area contributed by atoms with E-state index >= 15 is 0 Å². The van der Waals surface area contributed by atoms with Crippen molar-refractivity contribution in [3.63, 3.8) is 0 Å². The molecule has 2 aromatic carbocycles. The van der Waals surface area contributed by atoms with E-state index in [2.05, 4.69) is 0 Å². The van der Waals surface area contributed by atoms with Crippen LogP contribution in [0.2, 0.25) is 0 Å². The minimum absolute atomic E-state index is 0.146. The quantitative estimate of drug-likeness (QED) is 0.616. The van der Waals surface area contributed by atoms with E-state index in [-0.39, 0.29) is 11.4 Å². The van der Waals surface area contributed by atoms with E-state index in [4.69, 9.17) is 10.8 Å². The van der Waals surface area contributed by atoms with Gasteiger partial charge in [0.1, 0.15) is 11.6 Å². The molecule has 0 spiro atoms. The van der Waals surface area contributed by atoms with Crippen LogP contribution >= 0.6 is 0 Å². The SMILES string of the molecule is Cc1ccc(S(=O)(=O)N2CCC[C@@]2(C)C(=O)O)cc1.N[C@@H](Cc1ccccc1)C(=O)O. The number of benzene rings is 2. The van der Waals surface area contributed by atoms with Crippen LogP contribution in [0.5, 0.6) is 0 Å². The highest BCUT2D eigenvalue weighted by Gasteiger charge is 2.49. The van der Waals surface area contributed by atoms with Gasteiger partial charge in [0.25, 0.3) is 0 Å². The summed E-state index contributed by atoms with van der Waals surface area (Å²) in [5, 5.41) is 17.8. The van der Waals surface area contributed by atoms with Crippen LogP contribution in [0.25, 0.3) is 0 Å². The third-order valence-corrected chi connectivity index (χ3v) is 7.29. The average molecular weight is 449 g/mol. The van der Waals surface area contributed by atoms with Crippen molar-refractivity contribution in [3.05, 3.63) is 65.7 Å². The molecule has 168 valence electrons. The number of aryl methyl sites for hydroxylation is 1. The van der Waals surface area contributed by atoms with E-state index in [0.717, 1.165) is 15.4 Å². The van der Waals surface area contributed by atoms with Crippen molar-refractivity contribution < 1.29 is 28.2 Å². The lowest BCUT2D eigenvalue weighted by atomic mass is 10.0. The lowest BCUT2D eigenvalue weighted by Gasteiger charge is -2.30. The Morgan fingerprint density at radius 3 is 2.19 bits per heavy atom. The smallest absolute Gasteiger partial charge is 0.324 e. The van der Waals surface area contributed by atoms with Crippen LogP contribution in [0.4, 0.5) is 0 Å². The van der Waals surface area contributed by atoms with Crippen LogP contribution in [0.1, 0.15) is 30.9 Å². The molecule has 9 heteroatoms. The maximum atomic E-state index is 12.5. The molecular weight excluding hydrogens is 420 g/mol. The van der Waals surface area contributed by atoms with E-state index < -0.39 is 33.5 Å². The first-order valence-corrected chi connectivity index (χ1v) is 11.3. The fourth-order valence-corrected chi connectivity index (χ4v) is 5.13. The number of hydrogen-bond donors (Lipinski definition) is 3. The molecule has 0 unspecified atom stereocenters. The number of carboxylic acids is 2. The van der Waals surface area contributed by atoms with Gasteiger partial charge in [0.2, 0.25) is 10.0 Å². The molecule has 0 bridgehead atoms. The molecule has 0 radical (unpaired) electrons. The summed E-state index contributed by atoms with van der Waals surface area (Å²) >= 11 is 0. The number of hydrogen-bond acceptors (Lipinski definition) is 5. The van der Waals surface area contributed by atoms with Crippen LogP contribution in [-0.4, -0.2) is 53.0 Å². The first-order chi connectivity index (χ1) is 14.5. The second-order valence-corrected chi connectivity index (χ2v) is 9.57. The summed E-state index contributed by atoms with van der Waals surface area (Å²) in [6, 6.07) is 15.0. The first-order valence-electron chi connectivity index (χ1n) is 9.83. The average Bonchev–Trinajstić information content (AvgIpc) is 3.13. The van der Waals surface area contributed by atoms with E-state index in [0.29, 0.717) is 19.3 Å². The molecule has 0 amide bonds. The Morgan fingerprint density at radius 2 is 1.68 bits per heavy atom. The number of aliphatic carboxylic acids is 2. The van der Waals surface area contributed by atoms with Crippen molar-refractivity contribution in [2.45, 2.75) is 49.6 Å². The molecule has 1 aliphatic rings. The lowest BCUT2D eigenvalue weighted by molar-refractivity contribution is -0.146. The van der Waals surface area contributed by atoms with Crippen LogP contribution < -0.4 is 5.73 Å². The molecule has 2 atom stereocenters. The molecule has 31 heavy (non-hydrogen) atoms. The predicted octanol–water partition coefficient (Wildman–Crippen LogP) is 2.26. The summed E-state index contributed by atoms with van der Waals surface area (Å²) in [7, 11) is -3.76. The van der Waals surface area contributed by atoms with Crippen molar-refractivity contribution in [3.8, 4) is 0 Å². The Morgan fingerprint density at radius 1 is 1.10 bits per heavy atom. The van der Waals surface area contributed by atoms with Crippen LogP contribution in [0, 0.1) is 6.92 Å². The summed E-state index contributed by atoms with van der Waals surface area (Å²) in [5.41, 5.74) is 5.92. The van der Waals surface area contributed by atoms with Crippen molar-refractivity contribution in [1.82, 2.24) is 4.31 Å². The Balaban J connectivity index is 0.000000245. The Labute approximate surface area is 182 Å². The predicted molar refractivity (Wildman–Crippen MR) is 116 cm³/mol. The summed E-state index contributed by atoms with van der Waals surface area (Å²) in [5.74, 6) is -2.06. The molecular formula is C22H28N2O6S. The largest absolute Gasteiger partial charge is 0.480 e. The van der Waals surface area contributed by atoms with Gasteiger partial charge in [-0.15, -0.1) is 0 Å². The van der Waals surface area contributed by atoms with Gasteiger partial charge in [-0.1, -0.05) is 48.0 Å². The van der Waals surface area contributed by atoms with Gasteiger partial charge in [0.05, 0.1) is 4.90 Å². The fraction of sp³-hybridized carbons (Fsp3) is 0.364. The highest BCUT2D eigenvalue weighted by atomic mass is 32.2. The van der Waals surface area contributed by atoms with Gasteiger partial charge in [0, 0.05) is 6.54 Å². The number of carboxylic acid groups (broad SMARTS) is 2. The normalized spacial score (nSPS) is 19.8. The number of nitrogens with two attached hydrogens (primary N) is 1. The van der Waals surface area contributed by atoms with Crippen molar-refractivity contribution in [1.29, 1.82) is 0 Å². The standard InChI is InChI=1S/C13H17NO4S.C9H11NO2/c1-10-4-6-11(7-5-10)19(17,18)14-9-3-8-13(14,2)12(15)16;10-8(9(11)12)6-7-4-2-1-3-5-7/h4-7H,3,8-9H2,1-2H3,(H,15,16);1-5,8H,6,10H2,(H,11,12)/t13-;8-/m00/s1. The van der Waals surface area contributed by atoms with Gasteiger partial charge >= 0.3 is 11.9 Å². The third kappa shape index (κ3) is 5.90. The molecule has 1 fully saturated rings. The highest BCUT2D eigenvalue weighted by Crippen LogP contribution is 2.34. The maximum Gasteiger partial charge on any atom is 0.324 e. The Bertz CT molecular complexity index is 1010. The van der Waals surface area contributed by atoms with Crippen LogP contribution in [0.3, 0.4) is 0 Å². The molecule has 1 heterocycles. The molecule has 8 nitrogen and oxygen atoms in total. The zero-order chi connectivity index (χ0) is 23.2. The summed E-state index contributed by atoms with van der Waals surface area (Å²) < 4.78 is 26.2. The summed E-state index contributed by atoms with van der Waals surface area (Å²) in [6.07, 6.45) is 1.29. The van der Waals surface area contributed by atoms with Crippen molar-refractivity contribution in [2.24, 2.45) is 5.73 Å². The second-order valence-electron chi connectivity index (χ2n) is 7.71. The molecule has 4 N–H and O–H groups in total. The topological polar surface area (TPSA) is 138 Å². The van der Waals surface area contributed by atoms with Crippen LogP contribution in [-0.2, 0) is 26.0 Å². The van der Waals surface area contributed by atoms with Gasteiger partial charge in [-0.3, -0.25) is 9.59 Å². The summed E-state index contributed by atoms with van der Waals surface area (Å²) in [4.78, 5) is 21.9.